The Morgan fingerprint density at radius 3 is 2.39 bits per heavy atom. The number of hydrogen-bond acceptors (Lipinski definition) is 4. The van der Waals surface area contributed by atoms with E-state index in [2.05, 4.69) is 5.32 Å². The van der Waals surface area contributed by atoms with Gasteiger partial charge in [0.1, 0.15) is 11.6 Å². The molecule has 2 aromatic rings. The molecule has 0 aliphatic rings. The molecule has 1 N–H and O–H groups in total. The number of anilines is 1. The number of benzene rings is 2. The van der Waals surface area contributed by atoms with Crippen molar-refractivity contribution in [3.8, 4) is 5.75 Å². The van der Waals surface area contributed by atoms with Crippen molar-refractivity contribution < 1.29 is 22.3 Å². The molecule has 0 aromatic heterocycles. The van der Waals surface area contributed by atoms with Crippen LogP contribution < -0.4 is 14.4 Å². The summed E-state index contributed by atoms with van der Waals surface area (Å²) < 4.78 is 44.4. The van der Waals surface area contributed by atoms with E-state index in [1.165, 1.54) is 31.4 Å². The molecule has 8 heteroatoms. The fraction of sp³-hybridized carbons (Fsp3) is 0.350. The van der Waals surface area contributed by atoms with E-state index in [0.717, 1.165) is 17.0 Å². The molecule has 0 spiro atoms. The molecule has 0 saturated heterocycles. The van der Waals surface area contributed by atoms with Gasteiger partial charge in [-0.15, -0.1) is 0 Å². The smallest absolute Gasteiger partial charge is 0.251 e. The minimum absolute atomic E-state index is 0.0183. The summed E-state index contributed by atoms with van der Waals surface area (Å²) in [6, 6.07) is 10.1. The van der Waals surface area contributed by atoms with Gasteiger partial charge in [0, 0.05) is 17.2 Å². The van der Waals surface area contributed by atoms with Gasteiger partial charge in [-0.2, -0.15) is 0 Å². The second-order valence-electron chi connectivity index (χ2n) is 6.56. The van der Waals surface area contributed by atoms with Crippen LogP contribution in [0.2, 0.25) is 0 Å². The molecule has 0 aliphatic carbocycles. The van der Waals surface area contributed by atoms with Crippen LogP contribution in [0.1, 0.15) is 36.2 Å². The van der Waals surface area contributed by atoms with Crippen molar-refractivity contribution >= 4 is 21.6 Å². The first kappa shape index (κ1) is 21.7. The maximum atomic E-state index is 13.2. The van der Waals surface area contributed by atoms with Crippen LogP contribution in [0, 0.1) is 5.82 Å². The molecule has 1 atom stereocenters. The monoisotopic (exact) mass is 408 g/mol. The molecule has 2 rings (SSSR count). The molecule has 0 unspecified atom stereocenters. The zero-order valence-corrected chi connectivity index (χ0v) is 17.2. The molecule has 0 saturated carbocycles. The maximum Gasteiger partial charge on any atom is 0.251 e. The number of rotatable bonds is 8. The van der Waals surface area contributed by atoms with E-state index in [-0.39, 0.29) is 18.5 Å². The van der Waals surface area contributed by atoms with Crippen LogP contribution in [-0.2, 0) is 16.6 Å². The number of hydrogen-bond donors (Lipinski definition) is 1. The molecule has 152 valence electrons. The van der Waals surface area contributed by atoms with Gasteiger partial charge < -0.3 is 10.1 Å². The third-order valence-electron chi connectivity index (χ3n) is 4.36. The molecule has 0 aliphatic heterocycles. The normalized spacial score (nSPS) is 12.3. The largest absolute Gasteiger partial charge is 0.496 e. The standard InChI is InChI=1S/C20H25FN2O4S/c1-5-14(2)22-20(24)15-6-11-19(27-3)16(12-15)13-23(28(4,25)26)18-9-7-17(21)8-10-18/h6-12,14H,5,13H2,1-4H3,(H,22,24)/t14-/m0/s1. The summed E-state index contributed by atoms with van der Waals surface area (Å²) in [4.78, 5) is 12.4. The van der Waals surface area contributed by atoms with Crippen LogP contribution in [0.15, 0.2) is 42.5 Å². The van der Waals surface area contributed by atoms with Crippen LogP contribution in [0.5, 0.6) is 5.75 Å². The SMILES string of the molecule is CC[C@H](C)NC(=O)c1ccc(OC)c(CN(c2ccc(F)cc2)S(C)(=O)=O)c1. The third kappa shape index (κ3) is 5.45. The lowest BCUT2D eigenvalue weighted by molar-refractivity contribution is 0.0939. The highest BCUT2D eigenvalue weighted by molar-refractivity contribution is 7.92. The Morgan fingerprint density at radius 1 is 1.21 bits per heavy atom. The fourth-order valence-corrected chi connectivity index (χ4v) is 3.49. The van der Waals surface area contributed by atoms with Crippen LogP contribution in [-0.4, -0.2) is 33.7 Å². The number of carbonyl (C=O) groups is 1. The first-order valence-corrected chi connectivity index (χ1v) is 10.7. The van der Waals surface area contributed by atoms with Gasteiger partial charge in [0.15, 0.2) is 0 Å². The Kier molecular flexibility index (Phi) is 7.01. The average Bonchev–Trinajstić information content (AvgIpc) is 2.65. The van der Waals surface area contributed by atoms with Crippen LogP contribution >= 0.6 is 0 Å². The van der Waals surface area contributed by atoms with Gasteiger partial charge in [-0.25, -0.2) is 12.8 Å². The van der Waals surface area contributed by atoms with Gasteiger partial charge in [-0.1, -0.05) is 6.92 Å². The van der Waals surface area contributed by atoms with Crippen LogP contribution in [0.3, 0.4) is 0 Å². The van der Waals surface area contributed by atoms with Crippen molar-refractivity contribution in [2.45, 2.75) is 32.9 Å². The van der Waals surface area contributed by atoms with Gasteiger partial charge in [0.2, 0.25) is 10.0 Å². The van der Waals surface area contributed by atoms with E-state index >= 15 is 0 Å². The Hall–Kier alpha value is -2.61. The predicted octanol–water partition coefficient (Wildman–Crippen LogP) is 3.33. The van der Waals surface area contributed by atoms with Gasteiger partial charge in [-0.05, 0) is 55.8 Å². The van der Waals surface area contributed by atoms with Crippen molar-refractivity contribution in [1.29, 1.82) is 0 Å². The number of nitrogens with zero attached hydrogens (tertiary/aromatic N) is 1. The van der Waals surface area contributed by atoms with E-state index in [1.807, 2.05) is 13.8 Å². The zero-order chi connectivity index (χ0) is 20.9. The highest BCUT2D eigenvalue weighted by Gasteiger charge is 2.21. The van der Waals surface area contributed by atoms with E-state index < -0.39 is 15.8 Å². The topological polar surface area (TPSA) is 75.7 Å². The van der Waals surface area contributed by atoms with E-state index in [1.54, 1.807) is 18.2 Å². The van der Waals surface area contributed by atoms with Crippen molar-refractivity contribution in [2.75, 3.05) is 17.7 Å². The number of carbonyl (C=O) groups excluding carboxylic acids is 1. The summed E-state index contributed by atoms with van der Waals surface area (Å²) in [5.41, 5.74) is 1.25. The first-order valence-electron chi connectivity index (χ1n) is 8.86. The highest BCUT2D eigenvalue weighted by atomic mass is 32.2. The van der Waals surface area contributed by atoms with Crippen molar-refractivity contribution in [3.05, 3.63) is 59.4 Å². The molecule has 0 bridgehead atoms. The fourth-order valence-electron chi connectivity index (χ4n) is 2.61. The summed E-state index contributed by atoms with van der Waals surface area (Å²) in [5, 5.41) is 2.88. The van der Waals surface area contributed by atoms with Gasteiger partial charge >= 0.3 is 0 Å². The van der Waals surface area contributed by atoms with E-state index in [0.29, 0.717) is 22.6 Å². The summed E-state index contributed by atoms with van der Waals surface area (Å²) in [6.45, 7) is 3.82. The molecule has 0 radical (unpaired) electrons. The third-order valence-corrected chi connectivity index (χ3v) is 5.50. The summed E-state index contributed by atoms with van der Waals surface area (Å²) in [5.74, 6) is -0.250. The summed E-state index contributed by atoms with van der Waals surface area (Å²) in [6.07, 6.45) is 1.86. The highest BCUT2D eigenvalue weighted by Crippen LogP contribution is 2.26. The Labute approximate surface area is 165 Å². The Morgan fingerprint density at radius 2 is 1.86 bits per heavy atom. The molecule has 2 aromatic carbocycles. The number of ether oxygens (including phenoxy) is 1. The Bertz CT molecular complexity index is 930. The average molecular weight is 408 g/mol. The number of amides is 1. The molecular weight excluding hydrogens is 383 g/mol. The lowest BCUT2D eigenvalue weighted by atomic mass is 10.1. The predicted molar refractivity (Wildman–Crippen MR) is 108 cm³/mol. The first-order chi connectivity index (χ1) is 13.2. The molecular formula is C20H25FN2O4S. The lowest BCUT2D eigenvalue weighted by Gasteiger charge is -2.24. The minimum Gasteiger partial charge on any atom is -0.496 e. The second kappa shape index (κ2) is 9.05. The number of methoxy groups -OCH3 is 1. The Balaban J connectivity index is 2.41. The van der Waals surface area contributed by atoms with Crippen molar-refractivity contribution in [2.24, 2.45) is 0 Å². The zero-order valence-electron chi connectivity index (χ0n) is 16.4. The number of halogens is 1. The number of nitrogens with one attached hydrogen (secondary N) is 1. The second-order valence-corrected chi connectivity index (χ2v) is 8.46. The molecule has 28 heavy (non-hydrogen) atoms. The van der Waals surface area contributed by atoms with Gasteiger partial charge in [-0.3, -0.25) is 9.10 Å². The van der Waals surface area contributed by atoms with E-state index in [4.69, 9.17) is 4.74 Å². The minimum atomic E-state index is -3.66. The van der Waals surface area contributed by atoms with Crippen molar-refractivity contribution in [3.63, 3.8) is 0 Å². The summed E-state index contributed by atoms with van der Waals surface area (Å²) >= 11 is 0. The molecule has 1 amide bonds. The van der Waals surface area contributed by atoms with Crippen LogP contribution in [0.25, 0.3) is 0 Å². The quantitative estimate of drug-likeness (QED) is 0.727. The maximum absolute atomic E-state index is 13.2. The van der Waals surface area contributed by atoms with Crippen molar-refractivity contribution in [1.82, 2.24) is 5.32 Å². The van der Waals surface area contributed by atoms with Gasteiger partial charge in [0.25, 0.3) is 5.91 Å². The molecule has 6 nitrogen and oxygen atoms in total. The van der Waals surface area contributed by atoms with E-state index in [9.17, 15) is 17.6 Å². The lowest BCUT2D eigenvalue weighted by Crippen LogP contribution is -2.32. The molecule has 0 fully saturated rings. The van der Waals surface area contributed by atoms with Gasteiger partial charge in [0.05, 0.1) is 25.6 Å². The van der Waals surface area contributed by atoms with Crippen LogP contribution in [0.4, 0.5) is 10.1 Å². The number of sulfonamides is 1. The summed E-state index contributed by atoms with van der Waals surface area (Å²) in [7, 11) is -2.18. The molecule has 0 heterocycles.